The van der Waals surface area contributed by atoms with Crippen LogP contribution in [0.1, 0.15) is 10.4 Å². The number of halogens is 1. The molecule has 19 heavy (non-hydrogen) atoms. The Morgan fingerprint density at radius 3 is 2.68 bits per heavy atom. The molecule has 0 fully saturated rings. The Kier molecular flexibility index (Phi) is 3.88. The number of benzene rings is 1. The topological polar surface area (TPSA) is 72.2 Å². The Bertz CT molecular complexity index is 696. The van der Waals surface area contributed by atoms with Crippen molar-refractivity contribution in [2.75, 3.05) is 4.72 Å². The van der Waals surface area contributed by atoms with E-state index in [2.05, 4.69) is 4.72 Å². The van der Waals surface area contributed by atoms with E-state index in [4.69, 9.17) is 5.73 Å². The van der Waals surface area contributed by atoms with Gasteiger partial charge in [0.05, 0.1) is 5.69 Å². The molecule has 7 heteroatoms. The van der Waals surface area contributed by atoms with E-state index in [0.29, 0.717) is 12.1 Å². The summed E-state index contributed by atoms with van der Waals surface area (Å²) in [6.07, 6.45) is 0. The number of sulfonamides is 1. The highest BCUT2D eigenvalue weighted by atomic mass is 32.2. The van der Waals surface area contributed by atoms with Gasteiger partial charge < -0.3 is 5.73 Å². The fourth-order valence-electron chi connectivity index (χ4n) is 1.51. The van der Waals surface area contributed by atoms with Gasteiger partial charge in [-0.15, -0.1) is 11.3 Å². The maximum atomic E-state index is 13.1. The lowest BCUT2D eigenvalue weighted by Gasteiger charge is -2.09. The summed E-state index contributed by atoms with van der Waals surface area (Å²) in [6, 6.07) is 7.11. The number of rotatable bonds is 4. The molecule has 2 rings (SSSR count). The Morgan fingerprint density at radius 1 is 1.32 bits per heavy atom. The first kappa shape index (κ1) is 14.0. The monoisotopic (exact) mass is 300 g/mol. The van der Waals surface area contributed by atoms with Crippen LogP contribution >= 0.6 is 11.3 Å². The molecule has 0 atom stereocenters. The maximum absolute atomic E-state index is 13.1. The predicted molar refractivity (Wildman–Crippen MR) is 74.2 cm³/mol. The van der Waals surface area contributed by atoms with Crippen LogP contribution in [0.4, 0.5) is 10.1 Å². The summed E-state index contributed by atoms with van der Waals surface area (Å²) in [4.78, 5) is 0.774. The van der Waals surface area contributed by atoms with E-state index < -0.39 is 15.8 Å². The van der Waals surface area contributed by atoms with Gasteiger partial charge in [-0.1, -0.05) is 6.07 Å². The Hall–Kier alpha value is -1.44. The third-order valence-corrected chi connectivity index (χ3v) is 5.51. The van der Waals surface area contributed by atoms with E-state index in [0.717, 1.165) is 22.3 Å². The van der Waals surface area contributed by atoms with E-state index in [1.54, 1.807) is 13.0 Å². The molecule has 2 aromatic rings. The zero-order chi connectivity index (χ0) is 14.0. The van der Waals surface area contributed by atoms with Crippen LogP contribution < -0.4 is 10.5 Å². The van der Waals surface area contributed by atoms with Crippen molar-refractivity contribution in [1.29, 1.82) is 0 Å². The SMILES string of the molecule is Cc1ccc(F)cc1NS(=O)(=O)c1ccc(CN)s1. The molecule has 3 N–H and O–H groups in total. The fourth-order valence-corrected chi connectivity index (χ4v) is 3.87. The minimum absolute atomic E-state index is 0.164. The highest BCUT2D eigenvalue weighted by Crippen LogP contribution is 2.25. The molecule has 0 amide bonds. The van der Waals surface area contributed by atoms with Crippen molar-refractivity contribution in [3.05, 3.63) is 46.6 Å². The van der Waals surface area contributed by atoms with E-state index in [1.807, 2.05) is 0 Å². The summed E-state index contributed by atoms with van der Waals surface area (Å²) in [7, 11) is -3.70. The largest absolute Gasteiger partial charge is 0.326 e. The molecule has 0 spiro atoms. The molecule has 0 bridgehead atoms. The van der Waals surface area contributed by atoms with Crippen LogP contribution in [-0.4, -0.2) is 8.42 Å². The first-order valence-corrected chi connectivity index (χ1v) is 7.80. The van der Waals surface area contributed by atoms with Crippen molar-refractivity contribution >= 4 is 27.0 Å². The van der Waals surface area contributed by atoms with Crippen LogP contribution in [0.2, 0.25) is 0 Å². The summed E-state index contributed by atoms with van der Waals surface area (Å²) in [5.74, 6) is -0.489. The van der Waals surface area contributed by atoms with E-state index >= 15 is 0 Å². The molecule has 1 aromatic heterocycles. The number of thiophene rings is 1. The highest BCUT2D eigenvalue weighted by Gasteiger charge is 2.17. The molecule has 1 aromatic carbocycles. The van der Waals surface area contributed by atoms with Crippen molar-refractivity contribution in [3.63, 3.8) is 0 Å². The summed E-state index contributed by atoms with van der Waals surface area (Å²) in [5, 5.41) is 0. The standard InChI is InChI=1S/C12H13FN2O2S2/c1-8-2-3-9(13)6-11(8)15-19(16,17)12-5-4-10(7-14)18-12/h2-6,15H,7,14H2,1H3. The number of nitrogens with two attached hydrogens (primary N) is 1. The molecule has 0 unspecified atom stereocenters. The predicted octanol–water partition coefficient (Wildman–Crippen LogP) is 2.46. The smallest absolute Gasteiger partial charge is 0.271 e. The second-order valence-electron chi connectivity index (χ2n) is 3.99. The number of anilines is 1. The van der Waals surface area contributed by atoms with Gasteiger partial charge >= 0.3 is 0 Å². The van der Waals surface area contributed by atoms with Crippen molar-refractivity contribution in [2.24, 2.45) is 5.73 Å². The molecule has 102 valence electrons. The van der Waals surface area contributed by atoms with E-state index in [9.17, 15) is 12.8 Å². The summed E-state index contributed by atoms with van der Waals surface area (Å²) >= 11 is 1.10. The van der Waals surface area contributed by atoms with Crippen LogP contribution in [0.5, 0.6) is 0 Å². The molecule has 0 saturated carbocycles. The normalized spacial score (nSPS) is 11.5. The number of hydrogen-bond acceptors (Lipinski definition) is 4. The van der Waals surface area contributed by atoms with Gasteiger partial charge in [-0.25, -0.2) is 12.8 Å². The van der Waals surface area contributed by atoms with Crippen molar-refractivity contribution in [1.82, 2.24) is 0 Å². The molecule has 0 aliphatic heterocycles. The number of hydrogen-bond donors (Lipinski definition) is 2. The van der Waals surface area contributed by atoms with Gasteiger partial charge in [0.2, 0.25) is 0 Å². The molecular formula is C12H13FN2O2S2. The second kappa shape index (κ2) is 5.28. The van der Waals surface area contributed by atoms with Crippen LogP contribution in [0.25, 0.3) is 0 Å². The first-order valence-electron chi connectivity index (χ1n) is 5.50. The second-order valence-corrected chi connectivity index (χ2v) is 7.07. The van der Waals surface area contributed by atoms with Gasteiger partial charge in [0, 0.05) is 11.4 Å². The number of nitrogens with one attached hydrogen (secondary N) is 1. The Labute approximate surface area is 115 Å². The molecular weight excluding hydrogens is 287 g/mol. The Morgan fingerprint density at radius 2 is 2.05 bits per heavy atom. The van der Waals surface area contributed by atoms with Crippen LogP contribution in [-0.2, 0) is 16.6 Å². The van der Waals surface area contributed by atoms with E-state index in [1.165, 1.54) is 18.2 Å². The van der Waals surface area contributed by atoms with Crippen molar-refractivity contribution in [2.45, 2.75) is 17.7 Å². The number of aryl methyl sites for hydroxylation is 1. The maximum Gasteiger partial charge on any atom is 0.271 e. The molecule has 0 radical (unpaired) electrons. The van der Waals surface area contributed by atoms with E-state index in [-0.39, 0.29) is 9.90 Å². The summed E-state index contributed by atoms with van der Waals surface area (Å²) < 4.78 is 39.9. The Balaban J connectivity index is 2.33. The molecule has 0 saturated heterocycles. The molecule has 0 aliphatic rings. The summed E-state index contributed by atoms with van der Waals surface area (Å²) in [5.41, 5.74) is 6.34. The minimum Gasteiger partial charge on any atom is -0.326 e. The van der Waals surface area contributed by atoms with Gasteiger partial charge in [-0.3, -0.25) is 4.72 Å². The lowest BCUT2D eigenvalue weighted by atomic mass is 10.2. The average molecular weight is 300 g/mol. The quantitative estimate of drug-likeness (QED) is 0.911. The molecule has 0 aliphatic carbocycles. The van der Waals surface area contributed by atoms with Gasteiger partial charge in [-0.05, 0) is 36.8 Å². The zero-order valence-electron chi connectivity index (χ0n) is 10.2. The highest BCUT2D eigenvalue weighted by molar-refractivity contribution is 7.94. The van der Waals surface area contributed by atoms with Crippen molar-refractivity contribution < 1.29 is 12.8 Å². The first-order chi connectivity index (χ1) is 8.92. The van der Waals surface area contributed by atoms with Gasteiger partial charge in [0.1, 0.15) is 10.0 Å². The lowest BCUT2D eigenvalue weighted by molar-refractivity contribution is 0.603. The molecule has 1 heterocycles. The third-order valence-electron chi connectivity index (χ3n) is 2.55. The van der Waals surface area contributed by atoms with Crippen LogP contribution in [0.15, 0.2) is 34.5 Å². The third kappa shape index (κ3) is 3.12. The summed E-state index contributed by atoms with van der Waals surface area (Å²) in [6.45, 7) is 2.00. The van der Waals surface area contributed by atoms with Gasteiger partial charge in [-0.2, -0.15) is 0 Å². The molecule has 4 nitrogen and oxygen atoms in total. The lowest BCUT2D eigenvalue weighted by Crippen LogP contribution is -2.12. The van der Waals surface area contributed by atoms with Crippen LogP contribution in [0, 0.1) is 12.7 Å². The fraction of sp³-hybridized carbons (Fsp3) is 0.167. The minimum atomic E-state index is -3.70. The average Bonchev–Trinajstić information content (AvgIpc) is 2.83. The van der Waals surface area contributed by atoms with Crippen molar-refractivity contribution in [3.8, 4) is 0 Å². The zero-order valence-corrected chi connectivity index (χ0v) is 11.8. The van der Waals surface area contributed by atoms with Gasteiger partial charge in [0.15, 0.2) is 0 Å². The van der Waals surface area contributed by atoms with Gasteiger partial charge in [0.25, 0.3) is 10.0 Å². The van der Waals surface area contributed by atoms with Crippen LogP contribution in [0.3, 0.4) is 0 Å².